The van der Waals surface area contributed by atoms with Crippen molar-refractivity contribution in [2.24, 2.45) is 5.73 Å². The molecule has 17 heavy (non-hydrogen) atoms. The van der Waals surface area contributed by atoms with Crippen molar-refractivity contribution in [2.45, 2.75) is 44.6 Å². The van der Waals surface area contributed by atoms with Crippen molar-refractivity contribution in [1.29, 1.82) is 0 Å². The average molecular weight is 230 g/mol. The molecular formula is C13H18N4. The fourth-order valence-corrected chi connectivity index (χ4v) is 2.55. The van der Waals surface area contributed by atoms with Gasteiger partial charge in [0, 0.05) is 18.2 Å². The number of aromatic nitrogens is 3. The van der Waals surface area contributed by atoms with E-state index < -0.39 is 0 Å². The molecule has 0 saturated heterocycles. The molecule has 0 radical (unpaired) electrons. The van der Waals surface area contributed by atoms with Gasteiger partial charge >= 0.3 is 0 Å². The Morgan fingerprint density at radius 1 is 1.24 bits per heavy atom. The van der Waals surface area contributed by atoms with E-state index in [1.165, 1.54) is 5.56 Å². The highest BCUT2D eigenvalue weighted by atomic mass is 15.3. The lowest BCUT2D eigenvalue weighted by molar-refractivity contribution is 0.385. The van der Waals surface area contributed by atoms with E-state index in [4.69, 9.17) is 5.73 Å². The Bertz CT molecular complexity index is 523. The van der Waals surface area contributed by atoms with E-state index in [0.29, 0.717) is 12.0 Å². The van der Waals surface area contributed by atoms with E-state index in [9.17, 15) is 0 Å². The van der Waals surface area contributed by atoms with Crippen molar-refractivity contribution in [2.75, 3.05) is 0 Å². The van der Waals surface area contributed by atoms with Gasteiger partial charge in [0.15, 0.2) is 11.5 Å². The normalized spacial score (nSPS) is 25.3. The molecule has 1 saturated carbocycles. The zero-order valence-corrected chi connectivity index (χ0v) is 10.1. The highest BCUT2D eigenvalue weighted by Gasteiger charge is 2.23. The summed E-state index contributed by atoms with van der Waals surface area (Å²) in [6.45, 7) is 2.07. The number of hydrogen-bond donors (Lipinski definition) is 1. The Labute approximate surface area is 101 Å². The topological polar surface area (TPSA) is 56.2 Å². The summed E-state index contributed by atoms with van der Waals surface area (Å²) in [5, 5.41) is 4.59. The van der Waals surface area contributed by atoms with E-state index in [1.54, 1.807) is 0 Å². The van der Waals surface area contributed by atoms with Gasteiger partial charge in [0.2, 0.25) is 0 Å². The van der Waals surface area contributed by atoms with Crippen LogP contribution in [0.4, 0.5) is 0 Å². The summed E-state index contributed by atoms with van der Waals surface area (Å²) >= 11 is 0. The minimum Gasteiger partial charge on any atom is -0.328 e. The van der Waals surface area contributed by atoms with Gasteiger partial charge in [0.05, 0.1) is 0 Å². The van der Waals surface area contributed by atoms with Crippen molar-refractivity contribution in [3.63, 3.8) is 0 Å². The summed E-state index contributed by atoms with van der Waals surface area (Å²) < 4.78 is 1.89. The molecule has 0 bridgehead atoms. The first-order chi connectivity index (χ1) is 8.22. The predicted octanol–water partition coefficient (Wildman–Crippen LogP) is 2.02. The summed E-state index contributed by atoms with van der Waals surface area (Å²) in [5.41, 5.74) is 8.08. The average Bonchev–Trinajstić information content (AvgIpc) is 2.72. The predicted molar refractivity (Wildman–Crippen MR) is 66.9 cm³/mol. The highest BCUT2D eigenvalue weighted by molar-refractivity contribution is 5.38. The lowest BCUT2D eigenvalue weighted by Gasteiger charge is -2.23. The number of nitrogens with two attached hydrogens (primary N) is 1. The summed E-state index contributed by atoms with van der Waals surface area (Å²) in [5.74, 6) is 1.48. The van der Waals surface area contributed by atoms with Crippen LogP contribution < -0.4 is 5.73 Å². The maximum absolute atomic E-state index is 5.92. The molecular weight excluding hydrogens is 212 g/mol. The number of aryl methyl sites for hydroxylation is 1. The fraction of sp³-hybridized carbons (Fsp3) is 0.538. The van der Waals surface area contributed by atoms with Crippen molar-refractivity contribution in [3.05, 3.63) is 29.7 Å². The minimum atomic E-state index is 0.380. The molecule has 2 aromatic heterocycles. The second kappa shape index (κ2) is 4.11. The Morgan fingerprint density at radius 2 is 2.00 bits per heavy atom. The van der Waals surface area contributed by atoms with Gasteiger partial charge in [-0.05, 0) is 44.2 Å². The molecule has 90 valence electrons. The molecule has 3 rings (SSSR count). The summed E-state index contributed by atoms with van der Waals surface area (Å²) in [6.07, 6.45) is 6.47. The second-order valence-electron chi connectivity index (χ2n) is 5.09. The number of nitrogens with zero attached hydrogens (tertiary/aromatic N) is 3. The molecule has 0 amide bonds. The van der Waals surface area contributed by atoms with Gasteiger partial charge in [-0.1, -0.05) is 6.07 Å². The molecule has 0 aliphatic heterocycles. The molecule has 1 aliphatic carbocycles. The zero-order chi connectivity index (χ0) is 11.8. The van der Waals surface area contributed by atoms with Crippen LogP contribution in [0.5, 0.6) is 0 Å². The lowest BCUT2D eigenvalue weighted by atomic mass is 9.86. The molecule has 1 aliphatic rings. The molecule has 0 spiro atoms. The summed E-state index contributed by atoms with van der Waals surface area (Å²) in [7, 11) is 0. The van der Waals surface area contributed by atoms with Crippen LogP contribution in [-0.2, 0) is 0 Å². The quantitative estimate of drug-likeness (QED) is 0.815. The third-order valence-electron chi connectivity index (χ3n) is 3.63. The first kappa shape index (κ1) is 10.7. The smallest absolute Gasteiger partial charge is 0.155 e. The molecule has 1 fully saturated rings. The summed E-state index contributed by atoms with van der Waals surface area (Å²) in [4.78, 5) is 4.61. The van der Waals surface area contributed by atoms with Gasteiger partial charge in [-0.25, -0.2) is 9.50 Å². The van der Waals surface area contributed by atoms with Crippen molar-refractivity contribution in [3.8, 4) is 0 Å². The summed E-state index contributed by atoms with van der Waals surface area (Å²) in [6, 6.07) is 4.48. The third kappa shape index (κ3) is 2.05. The Kier molecular flexibility index (Phi) is 2.59. The molecule has 2 aromatic rings. The van der Waals surface area contributed by atoms with E-state index in [-0.39, 0.29) is 0 Å². The zero-order valence-electron chi connectivity index (χ0n) is 10.1. The van der Waals surface area contributed by atoms with Crippen molar-refractivity contribution in [1.82, 2.24) is 14.6 Å². The molecule has 4 nitrogen and oxygen atoms in total. The van der Waals surface area contributed by atoms with Gasteiger partial charge < -0.3 is 5.73 Å². The molecule has 2 heterocycles. The van der Waals surface area contributed by atoms with E-state index in [1.807, 2.05) is 16.8 Å². The maximum atomic E-state index is 5.92. The maximum Gasteiger partial charge on any atom is 0.155 e. The second-order valence-corrected chi connectivity index (χ2v) is 5.09. The first-order valence-electron chi connectivity index (χ1n) is 6.31. The number of fused-ring (bicyclic) bond motifs is 1. The highest BCUT2D eigenvalue weighted by Crippen LogP contribution is 2.30. The molecule has 0 aromatic carbocycles. The monoisotopic (exact) mass is 230 g/mol. The van der Waals surface area contributed by atoms with Gasteiger partial charge in [-0.2, -0.15) is 5.10 Å². The standard InChI is InChI=1S/C13H18N4/c1-9-2-7-12-15-13(16-17(12)8-9)10-3-5-11(14)6-4-10/h2,7-8,10-11H,3-6,14H2,1H3. The van der Waals surface area contributed by atoms with Crippen LogP contribution in [0, 0.1) is 6.92 Å². The van der Waals surface area contributed by atoms with Crippen LogP contribution in [0.15, 0.2) is 18.3 Å². The van der Waals surface area contributed by atoms with Crippen LogP contribution in [0.2, 0.25) is 0 Å². The molecule has 0 unspecified atom stereocenters. The molecule has 4 heteroatoms. The van der Waals surface area contributed by atoms with Crippen LogP contribution in [0.3, 0.4) is 0 Å². The van der Waals surface area contributed by atoms with Crippen LogP contribution in [0.25, 0.3) is 5.65 Å². The van der Waals surface area contributed by atoms with Gasteiger partial charge in [-0.15, -0.1) is 0 Å². The van der Waals surface area contributed by atoms with Crippen LogP contribution >= 0.6 is 0 Å². The number of hydrogen-bond acceptors (Lipinski definition) is 3. The Balaban J connectivity index is 1.90. The van der Waals surface area contributed by atoms with Gasteiger partial charge in [0.1, 0.15) is 0 Å². The van der Waals surface area contributed by atoms with E-state index >= 15 is 0 Å². The van der Waals surface area contributed by atoms with E-state index in [0.717, 1.165) is 37.2 Å². The fourth-order valence-electron chi connectivity index (χ4n) is 2.55. The first-order valence-corrected chi connectivity index (χ1v) is 6.31. The van der Waals surface area contributed by atoms with Crippen LogP contribution in [-0.4, -0.2) is 20.6 Å². The molecule has 0 atom stereocenters. The Morgan fingerprint density at radius 3 is 2.76 bits per heavy atom. The lowest BCUT2D eigenvalue weighted by Crippen LogP contribution is -2.26. The minimum absolute atomic E-state index is 0.380. The van der Waals surface area contributed by atoms with Gasteiger partial charge in [0.25, 0.3) is 0 Å². The SMILES string of the molecule is Cc1ccc2nc(C3CCC(N)CC3)nn2c1. The van der Waals surface area contributed by atoms with Gasteiger partial charge in [-0.3, -0.25) is 0 Å². The third-order valence-corrected chi connectivity index (χ3v) is 3.63. The van der Waals surface area contributed by atoms with Crippen molar-refractivity contribution >= 4 is 5.65 Å². The number of rotatable bonds is 1. The Hall–Kier alpha value is -1.42. The molecule has 2 N–H and O–H groups in total. The van der Waals surface area contributed by atoms with Crippen molar-refractivity contribution < 1.29 is 0 Å². The number of pyridine rings is 1. The van der Waals surface area contributed by atoms with Crippen LogP contribution in [0.1, 0.15) is 43.0 Å². The van der Waals surface area contributed by atoms with E-state index in [2.05, 4.69) is 23.1 Å². The largest absolute Gasteiger partial charge is 0.328 e.